The molecule has 0 saturated carbocycles. The van der Waals surface area contributed by atoms with Crippen molar-refractivity contribution in [3.63, 3.8) is 0 Å². The molecule has 0 bridgehead atoms. The predicted octanol–water partition coefficient (Wildman–Crippen LogP) is 0.0504. The van der Waals surface area contributed by atoms with Crippen LogP contribution in [0.4, 0.5) is 5.69 Å². The van der Waals surface area contributed by atoms with E-state index in [1.165, 1.54) is 6.07 Å². The van der Waals surface area contributed by atoms with Crippen LogP contribution >= 0.6 is 0 Å². The highest BCUT2D eigenvalue weighted by atomic mass is 16.7. The first-order valence-corrected chi connectivity index (χ1v) is 7.05. The summed E-state index contributed by atoms with van der Waals surface area (Å²) in [6.07, 6.45) is -2.73. The molecule has 7 nitrogen and oxygen atoms in total. The summed E-state index contributed by atoms with van der Waals surface area (Å²) in [5.41, 5.74) is 0.596. The Morgan fingerprint density at radius 2 is 2.00 bits per heavy atom. The molecule has 4 rings (SSSR count). The van der Waals surface area contributed by atoms with Gasteiger partial charge in [-0.25, -0.2) is 4.79 Å². The minimum absolute atomic E-state index is 0.266. The first kappa shape index (κ1) is 13.7. The zero-order valence-corrected chi connectivity index (χ0v) is 11.5. The van der Waals surface area contributed by atoms with Crippen LogP contribution in [-0.4, -0.2) is 47.5 Å². The van der Waals surface area contributed by atoms with Crippen molar-refractivity contribution < 1.29 is 24.1 Å². The predicted molar refractivity (Wildman–Crippen MR) is 76.5 cm³/mol. The summed E-state index contributed by atoms with van der Waals surface area (Å²) in [5.74, 6) is 0. The second-order valence-corrected chi connectivity index (χ2v) is 5.53. The van der Waals surface area contributed by atoms with E-state index in [2.05, 4.69) is 5.32 Å². The van der Waals surface area contributed by atoms with Gasteiger partial charge in [0.1, 0.15) is 29.9 Å². The van der Waals surface area contributed by atoms with Crippen LogP contribution in [0.15, 0.2) is 39.5 Å². The Labute approximate surface area is 125 Å². The van der Waals surface area contributed by atoms with E-state index >= 15 is 0 Å². The topological polar surface area (TPSA) is 101 Å². The molecule has 2 aromatic rings. The van der Waals surface area contributed by atoms with Crippen molar-refractivity contribution >= 4 is 16.7 Å². The standard InChI is InChI=1S/C15H15NO6/c17-11-4-2-7-1-3-8(5-9(7)21-11)16-12-13(18)14-10(6-20-14)22-15(12)19/h1-5,10,12-16,18-19H,6H2/t10?,12?,13?,14-,15?/m0/s1. The molecule has 2 saturated heterocycles. The lowest BCUT2D eigenvalue weighted by atomic mass is 9.93. The SMILES string of the molecule is O=c1ccc2ccc(NC3C(O)OC4CO[C@@H]4C3O)cc2o1. The van der Waals surface area contributed by atoms with Gasteiger partial charge in [0.15, 0.2) is 6.29 Å². The smallest absolute Gasteiger partial charge is 0.336 e. The number of benzene rings is 1. The van der Waals surface area contributed by atoms with Crippen molar-refractivity contribution in [1.82, 2.24) is 0 Å². The minimum atomic E-state index is -1.14. The zero-order valence-electron chi connectivity index (χ0n) is 11.5. The lowest BCUT2D eigenvalue weighted by Crippen LogP contribution is -2.67. The summed E-state index contributed by atoms with van der Waals surface area (Å²) in [5, 5.41) is 24.0. The van der Waals surface area contributed by atoms with Crippen LogP contribution in [0, 0.1) is 0 Å². The van der Waals surface area contributed by atoms with Crippen LogP contribution in [-0.2, 0) is 9.47 Å². The van der Waals surface area contributed by atoms with Crippen LogP contribution in [0.25, 0.3) is 11.0 Å². The van der Waals surface area contributed by atoms with E-state index in [1.807, 2.05) is 0 Å². The first-order chi connectivity index (χ1) is 10.6. The molecule has 2 aliphatic heterocycles. The van der Waals surface area contributed by atoms with Gasteiger partial charge in [-0.1, -0.05) is 0 Å². The maximum absolute atomic E-state index is 11.3. The molecule has 5 atom stereocenters. The van der Waals surface area contributed by atoms with Gasteiger partial charge < -0.3 is 29.4 Å². The molecule has 2 aliphatic rings. The third kappa shape index (κ3) is 2.19. The second kappa shape index (κ2) is 5.06. The molecule has 0 radical (unpaired) electrons. The van der Waals surface area contributed by atoms with Gasteiger partial charge in [0.05, 0.1) is 6.61 Å². The normalized spacial score (nSPS) is 34.0. The summed E-state index contributed by atoms with van der Waals surface area (Å²) < 4.78 is 15.8. The summed E-state index contributed by atoms with van der Waals surface area (Å²) in [6.45, 7) is 0.382. The molecule has 0 spiro atoms. The Balaban J connectivity index is 1.60. The van der Waals surface area contributed by atoms with Gasteiger partial charge in [-0.3, -0.25) is 0 Å². The van der Waals surface area contributed by atoms with Crippen LogP contribution in [0.3, 0.4) is 0 Å². The van der Waals surface area contributed by atoms with Crippen molar-refractivity contribution in [2.75, 3.05) is 11.9 Å². The molecule has 1 aromatic carbocycles. The number of nitrogens with one attached hydrogen (secondary N) is 1. The van der Waals surface area contributed by atoms with Crippen molar-refractivity contribution in [1.29, 1.82) is 0 Å². The largest absolute Gasteiger partial charge is 0.423 e. The average Bonchev–Trinajstić information content (AvgIpc) is 2.47. The van der Waals surface area contributed by atoms with Gasteiger partial charge in [-0.05, 0) is 18.2 Å². The number of ether oxygens (including phenoxy) is 2. The zero-order chi connectivity index (χ0) is 15.3. The molecular weight excluding hydrogens is 290 g/mol. The van der Waals surface area contributed by atoms with Gasteiger partial charge in [-0.2, -0.15) is 0 Å². The van der Waals surface area contributed by atoms with Crippen molar-refractivity contribution in [2.45, 2.75) is 30.6 Å². The number of fused-ring (bicyclic) bond motifs is 2. The lowest BCUT2D eigenvalue weighted by Gasteiger charge is -2.48. The highest BCUT2D eigenvalue weighted by Crippen LogP contribution is 2.31. The fourth-order valence-electron chi connectivity index (χ4n) is 2.86. The molecule has 3 N–H and O–H groups in total. The van der Waals surface area contributed by atoms with E-state index in [-0.39, 0.29) is 6.10 Å². The summed E-state index contributed by atoms with van der Waals surface area (Å²) >= 11 is 0. The van der Waals surface area contributed by atoms with E-state index in [0.29, 0.717) is 17.9 Å². The molecule has 4 unspecified atom stereocenters. The van der Waals surface area contributed by atoms with Crippen molar-refractivity contribution in [3.05, 3.63) is 40.8 Å². The average molecular weight is 305 g/mol. The molecule has 22 heavy (non-hydrogen) atoms. The number of hydrogen-bond acceptors (Lipinski definition) is 7. The summed E-state index contributed by atoms with van der Waals surface area (Å²) in [6, 6.07) is 7.50. The van der Waals surface area contributed by atoms with Crippen LogP contribution in [0.1, 0.15) is 0 Å². The van der Waals surface area contributed by atoms with Crippen LogP contribution < -0.4 is 10.9 Å². The maximum Gasteiger partial charge on any atom is 0.336 e. The van der Waals surface area contributed by atoms with Gasteiger partial charge in [0.25, 0.3) is 0 Å². The third-order valence-corrected chi connectivity index (χ3v) is 4.10. The first-order valence-electron chi connectivity index (χ1n) is 7.05. The van der Waals surface area contributed by atoms with Gasteiger partial charge in [0.2, 0.25) is 0 Å². The van der Waals surface area contributed by atoms with Crippen LogP contribution in [0.2, 0.25) is 0 Å². The Bertz CT molecular complexity index is 759. The van der Waals surface area contributed by atoms with E-state index in [9.17, 15) is 15.0 Å². The number of aliphatic hydroxyl groups excluding tert-OH is 2. The lowest BCUT2D eigenvalue weighted by molar-refractivity contribution is -0.311. The molecular formula is C15H15NO6. The van der Waals surface area contributed by atoms with E-state index < -0.39 is 30.2 Å². The Kier molecular flexibility index (Phi) is 3.16. The molecule has 7 heteroatoms. The fourth-order valence-corrected chi connectivity index (χ4v) is 2.86. The Morgan fingerprint density at radius 3 is 2.77 bits per heavy atom. The number of rotatable bonds is 2. The van der Waals surface area contributed by atoms with E-state index in [1.54, 1.807) is 24.3 Å². The molecule has 2 fully saturated rings. The monoisotopic (exact) mass is 305 g/mol. The summed E-state index contributed by atoms with van der Waals surface area (Å²) in [7, 11) is 0. The maximum atomic E-state index is 11.3. The highest BCUT2D eigenvalue weighted by Gasteiger charge is 2.50. The van der Waals surface area contributed by atoms with Crippen LogP contribution in [0.5, 0.6) is 0 Å². The number of hydrogen-bond donors (Lipinski definition) is 3. The Hall–Kier alpha value is -1.93. The molecule has 3 heterocycles. The molecule has 0 amide bonds. The Morgan fingerprint density at radius 1 is 1.18 bits per heavy atom. The molecule has 0 aliphatic carbocycles. The third-order valence-electron chi connectivity index (χ3n) is 4.10. The quantitative estimate of drug-likeness (QED) is 0.674. The second-order valence-electron chi connectivity index (χ2n) is 5.53. The molecule has 1 aromatic heterocycles. The van der Waals surface area contributed by atoms with Gasteiger partial charge >= 0.3 is 5.63 Å². The highest BCUT2D eigenvalue weighted by molar-refractivity contribution is 5.80. The minimum Gasteiger partial charge on any atom is -0.423 e. The molecule has 116 valence electrons. The van der Waals surface area contributed by atoms with E-state index in [4.69, 9.17) is 13.9 Å². The van der Waals surface area contributed by atoms with Crippen molar-refractivity contribution in [3.8, 4) is 0 Å². The van der Waals surface area contributed by atoms with Crippen molar-refractivity contribution in [2.24, 2.45) is 0 Å². The number of anilines is 1. The fraction of sp³-hybridized carbons (Fsp3) is 0.400. The van der Waals surface area contributed by atoms with E-state index in [0.717, 1.165) is 5.39 Å². The van der Waals surface area contributed by atoms with Gasteiger partial charge in [-0.15, -0.1) is 0 Å². The summed E-state index contributed by atoms with van der Waals surface area (Å²) in [4.78, 5) is 11.3. The number of aliphatic hydroxyl groups is 2. The van der Waals surface area contributed by atoms with Gasteiger partial charge in [0, 0.05) is 23.2 Å².